The zero-order valence-corrected chi connectivity index (χ0v) is 7.32. The lowest BCUT2D eigenvalue weighted by atomic mass is 9.90. The number of methoxy groups -OCH3 is 1. The second kappa shape index (κ2) is 4.26. The van der Waals surface area contributed by atoms with Gasteiger partial charge in [0.05, 0.1) is 7.11 Å². The Bertz CT molecular complexity index is 189. The maximum atomic E-state index is 11.0. The first-order valence-electron chi connectivity index (χ1n) is 4.26. The highest BCUT2D eigenvalue weighted by Gasteiger charge is 2.23. The Morgan fingerprint density at radius 1 is 1.75 bits per heavy atom. The van der Waals surface area contributed by atoms with Crippen LogP contribution in [0.4, 0.5) is 0 Å². The van der Waals surface area contributed by atoms with Gasteiger partial charge in [0.1, 0.15) is 6.04 Å². The molecule has 0 aromatic carbocycles. The minimum Gasteiger partial charge on any atom is -0.468 e. The molecule has 0 radical (unpaired) electrons. The van der Waals surface area contributed by atoms with E-state index in [0.29, 0.717) is 0 Å². The number of carbonyl (C=O) groups excluding carboxylic acids is 1. The summed E-state index contributed by atoms with van der Waals surface area (Å²) in [5, 5.41) is 0. The van der Waals surface area contributed by atoms with Gasteiger partial charge in [0.2, 0.25) is 0 Å². The number of ether oxygens (including phenoxy) is 1. The number of esters is 1. The third kappa shape index (κ3) is 2.08. The molecule has 0 spiro atoms. The molecule has 0 amide bonds. The molecular weight excluding hydrogens is 154 g/mol. The number of allylic oxidation sites excluding steroid dienone is 1. The predicted molar refractivity (Wildman–Crippen MR) is 46.5 cm³/mol. The van der Waals surface area contributed by atoms with Crippen LogP contribution in [0.3, 0.4) is 0 Å². The summed E-state index contributed by atoms with van der Waals surface area (Å²) in [4.78, 5) is 11.0. The summed E-state index contributed by atoms with van der Waals surface area (Å²) < 4.78 is 4.57. The van der Waals surface area contributed by atoms with Crippen molar-refractivity contribution < 1.29 is 9.53 Å². The van der Waals surface area contributed by atoms with Crippen molar-refractivity contribution in [2.75, 3.05) is 7.11 Å². The van der Waals surface area contributed by atoms with Crippen molar-refractivity contribution >= 4 is 5.97 Å². The molecule has 1 rings (SSSR count). The van der Waals surface area contributed by atoms with Crippen LogP contribution < -0.4 is 5.73 Å². The van der Waals surface area contributed by atoms with Crippen LogP contribution in [-0.4, -0.2) is 19.1 Å². The summed E-state index contributed by atoms with van der Waals surface area (Å²) in [6, 6.07) is -0.480. The van der Waals surface area contributed by atoms with Crippen LogP contribution in [0.15, 0.2) is 12.2 Å². The van der Waals surface area contributed by atoms with E-state index in [1.807, 2.05) is 6.08 Å². The average molecular weight is 169 g/mol. The Labute approximate surface area is 72.6 Å². The molecular formula is C9H15NO2. The van der Waals surface area contributed by atoms with Gasteiger partial charge in [0.25, 0.3) is 0 Å². The van der Waals surface area contributed by atoms with Crippen LogP contribution >= 0.6 is 0 Å². The lowest BCUT2D eigenvalue weighted by Crippen LogP contribution is -2.38. The second-order valence-electron chi connectivity index (χ2n) is 3.07. The topological polar surface area (TPSA) is 52.3 Å². The van der Waals surface area contributed by atoms with Gasteiger partial charge in [-0.05, 0) is 19.3 Å². The van der Waals surface area contributed by atoms with Crippen molar-refractivity contribution in [2.45, 2.75) is 25.3 Å². The molecule has 0 saturated heterocycles. The van der Waals surface area contributed by atoms with Gasteiger partial charge >= 0.3 is 5.97 Å². The number of hydrogen-bond donors (Lipinski definition) is 1. The molecule has 0 aromatic rings. The van der Waals surface area contributed by atoms with E-state index in [2.05, 4.69) is 10.8 Å². The monoisotopic (exact) mass is 169 g/mol. The maximum absolute atomic E-state index is 11.0. The van der Waals surface area contributed by atoms with Crippen molar-refractivity contribution in [1.29, 1.82) is 0 Å². The second-order valence-corrected chi connectivity index (χ2v) is 3.07. The summed E-state index contributed by atoms with van der Waals surface area (Å²) in [5.41, 5.74) is 5.68. The minimum atomic E-state index is -0.480. The van der Waals surface area contributed by atoms with Crippen LogP contribution in [-0.2, 0) is 9.53 Å². The van der Waals surface area contributed by atoms with Gasteiger partial charge in [-0.1, -0.05) is 12.2 Å². The first-order chi connectivity index (χ1) is 5.75. The van der Waals surface area contributed by atoms with E-state index in [1.165, 1.54) is 7.11 Å². The van der Waals surface area contributed by atoms with Crippen LogP contribution in [0, 0.1) is 5.92 Å². The molecule has 0 aromatic heterocycles. The molecule has 1 aliphatic carbocycles. The molecule has 0 aliphatic heterocycles. The quantitative estimate of drug-likeness (QED) is 0.492. The standard InChI is InChI=1S/C9H15NO2/c1-12-9(11)8(10)7-5-3-2-4-6-7/h3,5,7-8H,2,4,6,10H2,1H3/t7?,8-/m0/s1. The van der Waals surface area contributed by atoms with Crippen molar-refractivity contribution in [2.24, 2.45) is 11.7 Å². The largest absolute Gasteiger partial charge is 0.468 e. The third-order valence-corrected chi connectivity index (χ3v) is 2.23. The molecule has 1 aliphatic rings. The van der Waals surface area contributed by atoms with Crippen LogP contribution in [0.5, 0.6) is 0 Å². The van der Waals surface area contributed by atoms with Crippen molar-refractivity contribution in [1.82, 2.24) is 0 Å². The van der Waals surface area contributed by atoms with E-state index in [0.717, 1.165) is 19.3 Å². The molecule has 3 heteroatoms. The number of carbonyl (C=O) groups is 1. The first-order valence-corrected chi connectivity index (χ1v) is 4.26. The van der Waals surface area contributed by atoms with E-state index in [-0.39, 0.29) is 11.9 Å². The van der Waals surface area contributed by atoms with Gasteiger partial charge in [-0.2, -0.15) is 0 Å². The number of hydrogen-bond acceptors (Lipinski definition) is 3. The zero-order chi connectivity index (χ0) is 8.97. The fourth-order valence-corrected chi connectivity index (χ4v) is 1.45. The van der Waals surface area contributed by atoms with Crippen LogP contribution in [0.2, 0.25) is 0 Å². The summed E-state index contributed by atoms with van der Waals surface area (Å²) in [7, 11) is 1.37. The van der Waals surface area contributed by atoms with Gasteiger partial charge in [-0.3, -0.25) is 4.79 Å². The molecule has 12 heavy (non-hydrogen) atoms. The predicted octanol–water partition coefficient (Wildman–Crippen LogP) is 0.843. The Hall–Kier alpha value is -0.830. The molecule has 68 valence electrons. The van der Waals surface area contributed by atoms with Crippen LogP contribution in [0.25, 0.3) is 0 Å². The molecule has 2 N–H and O–H groups in total. The van der Waals surface area contributed by atoms with E-state index >= 15 is 0 Å². The SMILES string of the molecule is COC(=O)[C@@H](N)C1C=CCCC1. The Balaban J connectivity index is 2.50. The highest BCUT2D eigenvalue weighted by Crippen LogP contribution is 2.19. The van der Waals surface area contributed by atoms with E-state index in [4.69, 9.17) is 5.73 Å². The van der Waals surface area contributed by atoms with E-state index in [1.54, 1.807) is 0 Å². The number of rotatable bonds is 2. The lowest BCUT2D eigenvalue weighted by molar-refractivity contribution is -0.143. The van der Waals surface area contributed by atoms with Crippen molar-refractivity contribution in [3.63, 3.8) is 0 Å². The normalized spacial score (nSPS) is 25.0. The average Bonchev–Trinajstić information content (AvgIpc) is 2.17. The van der Waals surface area contributed by atoms with E-state index in [9.17, 15) is 4.79 Å². The third-order valence-electron chi connectivity index (χ3n) is 2.23. The van der Waals surface area contributed by atoms with Gasteiger partial charge in [-0.25, -0.2) is 0 Å². The summed E-state index contributed by atoms with van der Waals surface area (Å²) in [6.07, 6.45) is 7.31. The molecule has 0 bridgehead atoms. The van der Waals surface area contributed by atoms with Crippen molar-refractivity contribution in [3.05, 3.63) is 12.2 Å². The summed E-state index contributed by atoms with van der Waals surface area (Å²) in [6.45, 7) is 0. The summed E-state index contributed by atoms with van der Waals surface area (Å²) in [5.74, 6) is -0.141. The van der Waals surface area contributed by atoms with E-state index < -0.39 is 6.04 Å². The first kappa shape index (κ1) is 9.26. The highest BCUT2D eigenvalue weighted by atomic mass is 16.5. The molecule has 0 heterocycles. The number of nitrogens with two attached hydrogens (primary N) is 1. The fraction of sp³-hybridized carbons (Fsp3) is 0.667. The Kier molecular flexibility index (Phi) is 3.29. The Morgan fingerprint density at radius 2 is 2.50 bits per heavy atom. The van der Waals surface area contributed by atoms with Gasteiger partial charge in [0.15, 0.2) is 0 Å². The Morgan fingerprint density at radius 3 is 3.00 bits per heavy atom. The summed E-state index contributed by atoms with van der Waals surface area (Å²) >= 11 is 0. The van der Waals surface area contributed by atoms with Gasteiger partial charge in [0, 0.05) is 5.92 Å². The fourth-order valence-electron chi connectivity index (χ4n) is 1.45. The highest BCUT2D eigenvalue weighted by molar-refractivity contribution is 5.76. The minimum absolute atomic E-state index is 0.172. The molecule has 3 nitrogen and oxygen atoms in total. The molecule has 0 fully saturated rings. The zero-order valence-electron chi connectivity index (χ0n) is 7.32. The van der Waals surface area contributed by atoms with Gasteiger partial charge in [-0.15, -0.1) is 0 Å². The maximum Gasteiger partial charge on any atom is 0.323 e. The van der Waals surface area contributed by atoms with Crippen molar-refractivity contribution in [3.8, 4) is 0 Å². The van der Waals surface area contributed by atoms with Gasteiger partial charge < -0.3 is 10.5 Å². The molecule has 0 saturated carbocycles. The molecule has 1 unspecified atom stereocenters. The molecule has 2 atom stereocenters. The lowest BCUT2D eigenvalue weighted by Gasteiger charge is -2.20. The van der Waals surface area contributed by atoms with Crippen LogP contribution in [0.1, 0.15) is 19.3 Å². The smallest absolute Gasteiger partial charge is 0.323 e.